The van der Waals surface area contributed by atoms with E-state index in [1.165, 1.54) is 6.08 Å². The first-order valence-corrected chi connectivity index (χ1v) is 6.70. The van der Waals surface area contributed by atoms with E-state index in [0.29, 0.717) is 12.2 Å². The lowest BCUT2D eigenvalue weighted by atomic mass is 10.1. The predicted molar refractivity (Wildman–Crippen MR) is 72.6 cm³/mol. The van der Waals surface area contributed by atoms with Crippen LogP contribution in [0.15, 0.2) is 24.4 Å². The molecule has 0 spiro atoms. The maximum atomic E-state index is 13.0. The molecular weight excluding hydrogens is 269 g/mol. The third-order valence-electron chi connectivity index (χ3n) is 3.11. The number of hydrogen-bond acceptors (Lipinski definition) is 2. The lowest BCUT2D eigenvalue weighted by Crippen LogP contribution is -2.08. The van der Waals surface area contributed by atoms with Crippen LogP contribution in [0.2, 0.25) is 0 Å². The number of amides is 1. The number of nitrogens with one attached hydrogen (secondary N) is 1. The fourth-order valence-corrected chi connectivity index (χ4v) is 2.20. The number of halogens is 2. The average Bonchev–Trinajstić information content (AvgIpc) is 2.72. The summed E-state index contributed by atoms with van der Waals surface area (Å²) in [6.45, 7) is 0. The van der Waals surface area contributed by atoms with Gasteiger partial charge in [0.1, 0.15) is 0 Å². The highest BCUT2D eigenvalue weighted by Crippen LogP contribution is 2.53. The van der Waals surface area contributed by atoms with Crippen LogP contribution in [-0.4, -0.2) is 20.8 Å². The summed E-state index contributed by atoms with van der Waals surface area (Å²) in [6, 6.07) is 1.72. The van der Waals surface area contributed by atoms with Crippen molar-refractivity contribution < 1.29 is 9.18 Å². The average molecular weight is 286 g/mol. The fourth-order valence-electron chi connectivity index (χ4n) is 1.90. The summed E-state index contributed by atoms with van der Waals surface area (Å²) < 4.78 is 14.6. The molecule has 6 heteroatoms. The van der Waals surface area contributed by atoms with Crippen molar-refractivity contribution in [3.8, 4) is 0 Å². The van der Waals surface area contributed by atoms with Crippen molar-refractivity contribution in [1.29, 1.82) is 0 Å². The maximum absolute atomic E-state index is 13.0. The summed E-state index contributed by atoms with van der Waals surface area (Å²) >= 11 is 5.51. The first-order valence-electron chi connectivity index (χ1n) is 6.32. The van der Waals surface area contributed by atoms with E-state index in [1.807, 2.05) is 0 Å². The lowest BCUT2D eigenvalue weighted by Gasteiger charge is -1.98. The number of aromatic nitrogens is 2. The second-order valence-corrected chi connectivity index (χ2v) is 5.49. The number of unbranched alkanes of at least 4 members (excludes halogenated alkanes) is 1. The van der Waals surface area contributed by atoms with Gasteiger partial charge in [-0.3, -0.25) is 9.48 Å². The normalized spacial score (nSPS) is 25.7. The Bertz CT molecular complexity index is 484. The summed E-state index contributed by atoms with van der Waals surface area (Å²) in [5.41, 5.74) is 0. The van der Waals surface area contributed by atoms with Gasteiger partial charge in [-0.25, -0.2) is 4.39 Å². The number of hydrogen-bond donors (Lipinski definition) is 1. The summed E-state index contributed by atoms with van der Waals surface area (Å²) in [6.07, 6.45) is 7.84. The first-order chi connectivity index (χ1) is 8.97. The molecule has 2 rings (SSSR count). The Balaban J connectivity index is 1.61. The quantitative estimate of drug-likeness (QED) is 0.496. The van der Waals surface area contributed by atoms with E-state index in [2.05, 4.69) is 10.4 Å². The molecular formula is C13H17ClFN3O. The highest BCUT2D eigenvalue weighted by atomic mass is 35.5. The van der Waals surface area contributed by atoms with Crippen molar-refractivity contribution in [2.75, 3.05) is 5.32 Å². The Kier molecular flexibility index (Phi) is 4.24. The molecule has 0 aliphatic heterocycles. The number of carbonyl (C=O) groups excluding carboxylic acids is 1. The molecule has 2 atom stereocenters. The lowest BCUT2D eigenvalue weighted by molar-refractivity contribution is -0.111. The molecule has 1 aliphatic carbocycles. The molecule has 1 fully saturated rings. The van der Waals surface area contributed by atoms with E-state index in [0.717, 1.165) is 19.3 Å². The van der Waals surface area contributed by atoms with Crippen LogP contribution in [0.1, 0.15) is 25.7 Å². The molecule has 1 aromatic heterocycles. The monoisotopic (exact) mass is 285 g/mol. The van der Waals surface area contributed by atoms with Gasteiger partial charge in [0.05, 0.1) is 0 Å². The maximum Gasteiger partial charge on any atom is 0.249 e. The number of alkyl halides is 2. The summed E-state index contributed by atoms with van der Waals surface area (Å²) in [7, 11) is 1.78. The molecule has 1 aliphatic rings. The molecule has 2 unspecified atom stereocenters. The van der Waals surface area contributed by atoms with Crippen molar-refractivity contribution in [2.24, 2.45) is 13.0 Å². The van der Waals surface area contributed by atoms with Gasteiger partial charge >= 0.3 is 0 Å². The zero-order valence-corrected chi connectivity index (χ0v) is 11.5. The highest BCUT2D eigenvalue weighted by Gasteiger charge is 2.53. The number of allylic oxidation sites excluding steroid dienone is 1. The van der Waals surface area contributed by atoms with Crippen LogP contribution in [-0.2, 0) is 11.8 Å². The van der Waals surface area contributed by atoms with Gasteiger partial charge < -0.3 is 5.32 Å². The first kappa shape index (κ1) is 14.1. The summed E-state index contributed by atoms with van der Waals surface area (Å²) in [5.74, 6) is 0.312. The molecule has 0 aromatic carbocycles. The molecule has 1 saturated carbocycles. The minimum atomic E-state index is -1.46. The van der Waals surface area contributed by atoms with Crippen LogP contribution < -0.4 is 5.32 Å². The number of anilines is 1. The van der Waals surface area contributed by atoms with Crippen LogP contribution in [0, 0.1) is 5.92 Å². The SMILES string of the molecule is Cn1ccc(NC(=O)/C=C/CCCC2CC2(F)Cl)n1. The topological polar surface area (TPSA) is 46.9 Å². The second kappa shape index (κ2) is 5.74. The molecule has 4 nitrogen and oxygen atoms in total. The van der Waals surface area contributed by atoms with Crippen molar-refractivity contribution in [3.05, 3.63) is 24.4 Å². The smallest absolute Gasteiger partial charge is 0.249 e. The minimum absolute atomic E-state index is 0.00934. The molecule has 19 heavy (non-hydrogen) atoms. The van der Waals surface area contributed by atoms with Gasteiger partial charge in [0, 0.05) is 31.6 Å². The van der Waals surface area contributed by atoms with Crippen LogP contribution in [0.3, 0.4) is 0 Å². The van der Waals surface area contributed by atoms with E-state index in [9.17, 15) is 9.18 Å². The van der Waals surface area contributed by atoms with Gasteiger partial charge in [-0.05, 0) is 25.3 Å². The molecule has 0 bridgehead atoms. The van der Waals surface area contributed by atoms with Gasteiger partial charge in [0.2, 0.25) is 5.91 Å². The molecule has 1 amide bonds. The van der Waals surface area contributed by atoms with Crippen molar-refractivity contribution in [3.63, 3.8) is 0 Å². The van der Waals surface area contributed by atoms with Crippen molar-refractivity contribution in [1.82, 2.24) is 9.78 Å². The molecule has 104 valence electrons. The Morgan fingerprint density at radius 3 is 3.11 bits per heavy atom. The third-order valence-corrected chi connectivity index (χ3v) is 3.58. The highest BCUT2D eigenvalue weighted by molar-refractivity contribution is 6.24. The standard InChI is InChI=1S/C13H17ClFN3O/c1-18-8-7-11(17-18)16-12(19)6-4-2-3-5-10-9-13(10,14)15/h4,6-8,10H,2-3,5,9H2,1H3,(H,16,17,19)/b6-4+. The van der Waals surface area contributed by atoms with Crippen molar-refractivity contribution in [2.45, 2.75) is 30.8 Å². The molecule has 1 heterocycles. The van der Waals surface area contributed by atoms with Crippen LogP contribution in [0.5, 0.6) is 0 Å². The molecule has 1 aromatic rings. The second-order valence-electron chi connectivity index (χ2n) is 4.86. The van der Waals surface area contributed by atoms with Crippen LogP contribution in [0.25, 0.3) is 0 Å². The fraction of sp³-hybridized carbons (Fsp3) is 0.538. The molecule has 1 N–H and O–H groups in total. The van der Waals surface area contributed by atoms with Gasteiger partial charge in [-0.15, -0.1) is 0 Å². The van der Waals surface area contributed by atoms with E-state index in [-0.39, 0.29) is 11.8 Å². The minimum Gasteiger partial charge on any atom is -0.306 e. The predicted octanol–water partition coefficient (Wildman–Crippen LogP) is 3.01. The van der Waals surface area contributed by atoms with Gasteiger partial charge in [-0.1, -0.05) is 17.7 Å². The molecule has 0 saturated heterocycles. The summed E-state index contributed by atoms with van der Waals surface area (Å²) in [5, 5.41) is 5.23. The number of aryl methyl sites for hydroxylation is 1. The number of nitrogens with zero attached hydrogens (tertiary/aromatic N) is 2. The summed E-state index contributed by atoms with van der Waals surface area (Å²) in [4.78, 5) is 11.5. The zero-order valence-electron chi connectivity index (χ0n) is 10.8. The Morgan fingerprint density at radius 2 is 2.53 bits per heavy atom. The molecule has 0 radical (unpaired) electrons. The van der Waals surface area contributed by atoms with E-state index >= 15 is 0 Å². The van der Waals surface area contributed by atoms with Gasteiger partial charge in [0.15, 0.2) is 10.9 Å². The van der Waals surface area contributed by atoms with Gasteiger partial charge in [-0.2, -0.15) is 5.10 Å². The Morgan fingerprint density at radius 1 is 1.79 bits per heavy atom. The number of carbonyl (C=O) groups is 1. The van der Waals surface area contributed by atoms with E-state index in [4.69, 9.17) is 11.6 Å². The van der Waals surface area contributed by atoms with Crippen molar-refractivity contribution >= 4 is 23.3 Å². The zero-order chi connectivity index (χ0) is 13.9. The van der Waals surface area contributed by atoms with E-state index in [1.54, 1.807) is 30.1 Å². The Hall–Kier alpha value is -1.36. The number of rotatable bonds is 6. The Labute approximate surface area is 116 Å². The van der Waals surface area contributed by atoms with Gasteiger partial charge in [0.25, 0.3) is 0 Å². The van der Waals surface area contributed by atoms with Crippen LogP contribution in [0.4, 0.5) is 10.2 Å². The largest absolute Gasteiger partial charge is 0.306 e. The van der Waals surface area contributed by atoms with E-state index < -0.39 is 5.13 Å². The third kappa shape index (κ3) is 4.35. The van der Waals surface area contributed by atoms with Crippen LogP contribution >= 0.6 is 11.6 Å².